The van der Waals surface area contributed by atoms with Gasteiger partial charge in [0.05, 0.1) is 17.1 Å². The van der Waals surface area contributed by atoms with E-state index in [-0.39, 0.29) is 11.9 Å². The number of carbonyl (C=O) groups excluding carboxylic acids is 1. The number of benzene rings is 2. The number of aromatic nitrogens is 2. The summed E-state index contributed by atoms with van der Waals surface area (Å²) in [4.78, 5) is 21.5. The van der Waals surface area contributed by atoms with E-state index in [1.807, 2.05) is 61.5 Å². The van der Waals surface area contributed by atoms with E-state index in [0.717, 1.165) is 16.6 Å². The summed E-state index contributed by atoms with van der Waals surface area (Å²) >= 11 is 0. The minimum Gasteiger partial charge on any atom is -0.444 e. The van der Waals surface area contributed by atoms with Gasteiger partial charge in [0.25, 0.3) is 5.91 Å². The first-order chi connectivity index (χ1) is 11.7. The number of fused-ring (bicyclic) bond motifs is 2. The molecule has 0 aliphatic rings. The van der Waals surface area contributed by atoms with E-state index in [1.54, 1.807) is 0 Å². The van der Waals surface area contributed by atoms with Crippen LogP contribution in [0.25, 0.3) is 22.3 Å². The zero-order valence-corrected chi connectivity index (χ0v) is 13.1. The zero-order chi connectivity index (χ0) is 16.5. The molecule has 5 heteroatoms. The van der Waals surface area contributed by atoms with Crippen LogP contribution in [-0.2, 0) is 0 Å². The van der Waals surface area contributed by atoms with Gasteiger partial charge in [-0.3, -0.25) is 4.79 Å². The highest BCUT2D eigenvalue weighted by Gasteiger charge is 2.19. The lowest BCUT2D eigenvalue weighted by atomic mass is 10.1. The number of nitrogens with one attached hydrogen (secondary N) is 1. The van der Waals surface area contributed by atoms with Crippen molar-refractivity contribution in [2.75, 3.05) is 0 Å². The Hall–Kier alpha value is -3.21. The first kappa shape index (κ1) is 14.4. The lowest BCUT2D eigenvalue weighted by molar-refractivity contribution is 0.0940. The van der Waals surface area contributed by atoms with Crippen molar-refractivity contribution in [1.82, 2.24) is 15.3 Å². The SMILES string of the molecule is CC(NC(=O)c1coc2nc3ccccc3nc12)c1ccccc1. The van der Waals surface area contributed by atoms with Crippen molar-refractivity contribution >= 4 is 28.2 Å². The summed E-state index contributed by atoms with van der Waals surface area (Å²) in [5.74, 6) is -0.227. The highest BCUT2D eigenvalue weighted by Crippen LogP contribution is 2.22. The molecule has 2 heterocycles. The summed E-state index contributed by atoms with van der Waals surface area (Å²) in [6.45, 7) is 1.94. The van der Waals surface area contributed by atoms with Crippen LogP contribution >= 0.6 is 0 Å². The maximum absolute atomic E-state index is 12.6. The number of furan rings is 1. The first-order valence-electron chi connectivity index (χ1n) is 7.72. The van der Waals surface area contributed by atoms with Crippen LogP contribution in [0.3, 0.4) is 0 Å². The highest BCUT2D eigenvalue weighted by molar-refractivity contribution is 6.05. The Kier molecular flexibility index (Phi) is 3.46. The molecule has 1 amide bonds. The van der Waals surface area contributed by atoms with Gasteiger partial charge in [-0.15, -0.1) is 0 Å². The predicted octanol–water partition coefficient (Wildman–Crippen LogP) is 3.87. The van der Waals surface area contributed by atoms with Crippen molar-refractivity contribution in [2.24, 2.45) is 0 Å². The van der Waals surface area contributed by atoms with Crippen molar-refractivity contribution in [3.05, 3.63) is 72.0 Å². The second kappa shape index (κ2) is 5.77. The molecule has 0 bridgehead atoms. The van der Waals surface area contributed by atoms with Gasteiger partial charge in [-0.05, 0) is 24.6 Å². The fourth-order valence-corrected chi connectivity index (χ4v) is 2.67. The third-order valence-electron chi connectivity index (χ3n) is 3.97. The quantitative estimate of drug-likeness (QED) is 0.623. The van der Waals surface area contributed by atoms with Crippen LogP contribution in [0.5, 0.6) is 0 Å². The van der Waals surface area contributed by atoms with Gasteiger partial charge in [-0.2, -0.15) is 0 Å². The van der Waals surface area contributed by atoms with Gasteiger partial charge in [-0.25, -0.2) is 9.97 Å². The van der Waals surface area contributed by atoms with Gasteiger partial charge < -0.3 is 9.73 Å². The molecule has 0 fully saturated rings. The van der Waals surface area contributed by atoms with Gasteiger partial charge in [-0.1, -0.05) is 42.5 Å². The standard InChI is InChI=1S/C19H15N3O2/c1-12(13-7-3-2-4-8-13)20-18(23)14-11-24-19-17(14)21-15-9-5-6-10-16(15)22-19/h2-12H,1H3,(H,20,23). The Morgan fingerprint density at radius 1 is 1.00 bits per heavy atom. The van der Waals surface area contributed by atoms with E-state index in [0.29, 0.717) is 16.8 Å². The molecule has 4 aromatic rings. The molecule has 1 N–H and O–H groups in total. The Balaban J connectivity index is 1.68. The molecule has 0 saturated heterocycles. The van der Waals surface area contributed by atoms with Crippen molar-refractivity contribution < 1.29 is 9.21 Å². The highest BCUT2D eigenvalue weighted by atomic mass is 16.3. The minimum absolute atomic E-state index is 0.114. The number of amides is 1. The van der Waals surface area contributed by atoms with Crippen LogP contribution in [0.2, 0.25) is 0 Å². The number of carbonyl (C=O) groups is 1. The second-order valence-electron chi connectivity index (χ2n) is 5.62. The molecule has 0 spiro atoms. The number of para-hydroxylation sites is 2. The lowest BCUT2D eigenvalue weighted by Crippen LogP contribution is -2.26. The minimum atomic E-state index is -0.227. The molecule has 118 valence electrons. The molecule has 5 nitrogen and oxygen atoms in total. The van der Waals surface area contributed by atoms with E-state index < -0.39 is 0 Å². The van der Waals surface area contributed by atoms with Crippen molar-refractivity contribution in [3.63, 3.8) is 0 Å². The molecule has 0 radical (unpaired) electrons. The number of nitrogens with zero attached hydrogens (tertiary/aromatic N) is 2. The smallest absolute Gasteiger partial charge is 0.257 e. The Bertz CT molecular complexity index is 1020. The van der Waals surface area contributed by atoms with Gasteiger partial charge in [0, 0.05) is 0 Å². The van der Waals surface area contributed by atoms with Crippen LogP contribution in [0, 0.1) is 0 Å². The Morgan fingerprint density at radius 3 is 2.42 bits per heavy atom. The lowest BCUT2D eigenvalue weighted by Gasteiger charge is -2.13. The van der Waals surface area contributed by atoms with Crippen molar-refractivity contribution in [3.8, 4) is 0 Å². The van der Waals surface area contributed by atoms with Crippen LogP contribution < -0.4 is 5.32 Å². The van der Waals surface area contributed by atoms with Gasteiger partial charge >= 0.3 is 0 Å². The van der Waals surface area contributed by atoms with Crippen LogP contribution in [-0.4, -0.2) is 15.9 Å². The summed E-state index contributed by atoms with van der Waals surface area (Å²) in [7, 11) is 0. The molecule has 2 aromatic heterocycles. The molecule has 0 saturated carbocycles. The van der Waals surface area contributed by atoms with Crippen LogP contribution in [0.4, 0.5) is 0 Å². The zero-order valence-electron chi connectivity index (χ0n) is 13.1. The van der Waals surface area contributed by atoms with Gasteiger partial charge in [0.15, 0.2) is 0 Å². The molecular formula is C19H15N3O2. The van der Waals surface area contributed by atoms with Crippen molar-refractivity contribution in [1.29, 1.82) is 0 Å². The van der Waals surface area contributed by atoms with E-state index in [9.17, 15) is 4.79 Å². The summed E-state index contributed by atoms with van der Waals surface area (Å²) in [6, 6.07) is 17.2. The van der Waals surface area contributed by atoms with Gasteiger partial charge in [0.1, 0.15) is 17.3 Å². The predicted molar refractivity (Wildman–Crippen MR) is 91.6 cm³/mol. The largest absolute Gasteiger partial charge is 0.444 e. The molecule has 4 rings (SSSR count). The average molecular weight is 317 g/mol. The molecule has 0 aliphatic carbocycles. The Labute approximate surface area is 138 Å². The number of hydrogen-bond donors (Lipinski definition) is 1. The maximum Gasteiger partial charge on any atom is 0.257 e. The summed E-state index contributed by atoms with van der Waals surface area (Å²) in [6.07, 6.45) is 1.41. The molecule has 1 unspecified atom stereocenters. The molecule has 1 atom stereocenters. The van der Waals surface area contributed by atoms with E-state index in [1.165, 1.54) is 6.26 Å². The van der Waals surface area contributed by atoms with E-state index in [4.69, 9.17) is 4.42 Å². The van der Waals surface area contributed by atoms with Crippen LogP contribution in [0.1, 0.15) is 28.9 Å². The fourth-order valence-electron chi connectivity index (χ4n) is 2.67. The molecular weight excluding hydrogens is 302 g/mol. The van der Waals surface area contributed by atoms with E-state index >= 15 is 0 Å². The maximum atomic E-state index is 12.6. The topological polar surface area (TPSA) is 68.0 Å². The molecule has 0 aliphatic heterocycles. The Morgan fingerprint density at radius 2 is 1.67 bits per heavy atom. The third kappa shape index (κ3) is 2.50. The van der Waals surface area contributed by atoms with Gasteiger partial charge in [0.2, 0.25) is 5.71 Å². The summed E-state index contributed by atoms with van der Waals surface area (Å²) < 4.78 is 5.43. The second-order valence-corrected chi connectivity index (χ2v) is 5.62. The van der Waals surface area contributed by atoms with Crippen molar-refractivity contribution in [2.45, 2.75) is 13.0 Å². The van der Waals surface area contributed by atoms with E-state index in [2.05, 4.69) is 15.3 Å². The monoisotopic (exact) mass is 317 g/mol. The fraction of sp³-hybridized carbons (Fsp3) is 0.105. The number of rotatable bonds is 3. The molecule has 2 aromatic carbocycles. The third-order valence-corrected chi connectivity index (χ3v) is 3.97. The first-order valence-corrected chi connectivity index (χ1v) is 7.72. The summed E-state index contributed by atoms with van der Waals surface area (Å²) in [5, 5.41) is 2.97. The summed E-state index contributed by atoms with van der Waals surface area (Å²) in [5.41, 5.74) is 3.75. The van der Waals surface area contributed by atoms with Crippen LogP contribution in [0.15, 0.2) is 65.3 Å². The number of hydrogen-bond acceptors (Lipinski definition) is 4. The molecule has 24 heavy (non-hydrogen) atoms. The average Bonchev–Trinajstić information content (AvgIpc) is 3.03. The normalized spacial score (nSPS) is 12.4.